The fourth-order valence-corrected chi connectivity index (χ4v) is 3.51. The topological polar surface area (TPSA) is 102 Å². The molecule has 0 bridgehead atoms. The number of carbonyl (C=O) groups excluding carboxylic acids is 1. The number of nitrogens with zero attached hydrogens (tertiary/aromatic N) is 1. The molecule has 0 spiro atoms. The number of rotatable bonds is 4. The number of aryl methyl sites for hydroxylation is 2. The van der Waals surface area contributed by atoms with Gasteiger partial charge in [-0.25, -0.2) is 18.5 Å². The Labute approximate surface area is 127 Å². The quantitative estimate of drug-likeness (QED) is 0.840. The van der Waals surface area contributed by atoms with Crippen LogP contribution in [0.2, 0.25) is 0 Å². The van der Waals surface area contributed by atoms with Crippen molar-refractivity contribution in [2.45, 2.75) is 25.7 Å². The summed E-state index contributed by atoms with van der Waals surface area (Å²) in [6.07, 6.45) is 0. The highest BCUT2D eigenvalue weighted by molar-refractivity contribution is 7.89. The molecule has 8 heteroatoms. The Balaban J connectivity index is 2.45. The third kappa shape index (κ3) is 3.46. The van der Waals surface area contributed by atoms with Crippen molar-refractivity contribution in [1.29, 1.82) is 0 Å². The maximum Gasteiger partial charge on any atom is 0.240 e. The van der Waals surface area contributed by atoms with Crippen molar-refractivity contribution in [3.8, 4) is 0 Å². The number of sulfonamides is 1. The van der Waals surface area contributed by atoms with Gasteiger partial charge in [-0.3, -0.25) is 4.79 Å². The molecule has 1 aromatic carbocycles. The minimum Gasteiger partial charge on any atom is -0.330 e. The number of hydrogen-bond acceptors (Lipinski definition) is 6. The molecule has 1 heterocycles. The third-order valence-corrected chi connectivity index (χ3v) is 4.93. The van der Waals surface area contributed by atoms with Gasteiger partial charge in [-0.15, -0.1) is 0 Å². The van der Waals surface area contributed by atoms with Crippen LogP contribution in [0.3, 0.4) is 0 Å². The molecule has 0 radical (unpaired) electrons. The van der Waals surface area contributed by atoms with Gasteiger partial charge in [0, 0.05) is 6.92 Å². The number of carbonyl (C=O) groups is 1. The van der Waals surface area contributed by atoms with Crippen LogP contribution in [0.4, 0.5) is 10.8 Å². The normalized spacial score (nSPS) is 11.4. The number of nitrogens with one attached hydrogen (secondary N) is 1. The highest BCUT2D eigenvalue weighted by Crippen LogP contribution is 2.29. The molecule has 0 saturated carbocycles. The number of Topliss-reactive ketones (excluding diaryl/α,β-unsaturated/α-hetero) is 1. The molecule has 0 aliphatic heterocycles. The van der Waals surface area contributed by atoms with Gasteiger partial charge in [0.25, 0.3) is 0 Å². The summed E-state index contributed by atoms with van der Waals surface area (Å²) in [7, 11) is -3.85. The van der Waals surface area contributed by atoms with E-state index in [4.69, 9.17) is 5.14 Å². The summed E-state index contributed by atoms with van der Waals surface area (Å²) in [5.74, 6) is -0.0753. The molecule has 0 amide bonds. The molecule has 112 valence electrons. The lowest BCUT2D eigenvalue weighted by molar-refractivity contribution is 0.102. The molecule has 0 fully saturated rings. The number of primary sulfonamides is 1. The zero-order valence-electron chi connectivity index (χ0n) is 11.8. The number of thiazole rings is 1. The van der Waals surface area contributed by atoms with E-state index >= 15 is 0 Å². The van der Waals surface area contributed by atoms with Gasteiger partial charge in [-0.05, 0) is 31.5 Å². The average Bonchev–Trinajstić information content (AvgIpc) is 2.71. The second kappa shape index (κ2) is 5.55. The Morgan fingerprint density at radius 2 is 2.00 bits per heavy atom. The summed E-state index contributed by atoms with van der Waals surface area (Å²) < 4.78 is 23.3. The van der Waals surface area contributed by atoms with Crippen molar-refractivity contribution in [1.82, 2.24) is 4.98 Å². The smallest absolute Gasteiger partial charge is 0.240 e. The van der Waals surface area contributed by atoms with E-state index < -0.39 is 10.0 Å². The first-order chi connectivity index (χ1) is 9.68. The van der Waals surface area contributed by atoms with Crippen LogP contribution in [0, 0.1) is 13.8 Å². The summed E-state index contributed by atoms with van der Waals surface area (Å²) in [6.45, 7) is 4.97. The van der Waals surface area contributed by atoms with Crippen LogP contribution in [-0.2, 0) is 10.0 Å². The van der Waals surface area contributed by atoms with E-state index in [2.05, 4.69) is 10.3 Å². The maximum absolute atomic E-state index is 11.6. The van der Waals surface area contributed by atoms with E-state index in [0.29, 0.717) is 21.4 Å². The van der Waals surface area contributed by atoms with E-state index in [0.717, 1.165) is 5.56 Å². The lowest BCUT2D eigenvalue weighted by atomic mass is 10.2. The average molecular weight is 325 g/mol. The van der Waals surface area contributed by atoms with Gasteiger partial charge >= 0.3 is 0 Å². The van der Waals surface area contributed by atoms with Gasteiger partial charge < -0.3 is 5.32 Å². The molecule has 0 aliphatic rings. The summed E-state index contributed by atoms with van der Waals surface area (Å²) in [4.78, 5) is 16.2. The van der Waals surface area contributed by atoms with E-state index in [1.54, 1.807) is 26.0 Å². The van der Waals surface area contributed by atoms with Gasteiger partial charge in [-0.1, -0.05) is 17.4 Å². The molecule has 2 aromatic rings. The standard InChI is InChI=1S/C13H15N3O3S2/c1-7-4-5-10(11(6-7)21(14,18)19)16-13-15-8(2)12(20-13)9(3)17/h4-6H,1-3H3,(H,15,16)(H2,14,18,19). The second-order valence-electron chi connectivity index (χ2n) is 4.66. The molecule has 0 unspecified atom stereocenters. The summed E-state index contributed by atoms with van der Waals surface area (Å²) in [6, 6.07) is 4.88. The van der Waals surface area contributed by atoms with Crippen molar-refractivity contribution in [3.63, 3.8) is 0 Å². The van der Waals surface area contributed by atoms with Crippen LogP contribution in [-0.4, -0.2) is 19.2 Å². The Hall–Kier alpha value is -1.77. The second-order valence-corrected chi connectivity index (χ2v) is 7.19. The van der Waals surface area contributed by atoms with Gasteiger partial charge in [0.15, 0.2) is 10.9 Å². The van der Waals surface area contributed by atoms with Crippen molar-refractivity contribution in [2.24, 2.45) is 5.14 Å². The molecule has 0 atom stereocenters. The summed E-state index contributed by atoms with van der Waals surface area (Å²) >= 11 is 1.18. The van der Waals surface area contributed by atoms with Gasteiger partial charge in [0.1, 0.15) is 4.90 Å². The van der Waals surface area contributed by atoms with Crippen LogP contribution in [0.1, 0.15) is 27.9 Å². The fourth-order valence-electron chi connectivity index (χ4n) is 1.86. The fraction of sp³-hybridized carbons (Fsp3) is 0.231. The third-order valence-electron chi connectivity index (χ3n) is 2.80. The van der Waals surface area contributed by atoms with E-state index in [-0.39, 0.29) is 10.7 Å². The molecule has 0 saturated heterocycles. The molecular formula is C13H15N3O3S2. The first-order valence-electron chi connectivity index (χ1n) is 6.07. The lowest BCUT2D eigenvalue weighted by Gasteiger charge is -2.09. The Morgan fingerprint density at radius 1 is 1.33 bits per heavy atom. The number of hydrogen-bond donors (Lipinski definition) is 2. The molecule has 6 nitrogen and oxygen atoms in total. The molecule has 0 aliphatic carbocycles. The predicted molar refractivity (Wildman–Crippen MR) is 82.7 cm³/mol. The first kappa shape index (κ1) is 15.6. The van der Waals surface area contributed by atoms with Crippen molar-refractivity contribution >= 4 is 38.0 Å². The maximum atomic E-state index is 11.6. The summed E-state index contributed by atoms with van der Waals surface area (Å²) in [5, 5.41) is 8.59. The van der Waals surface area contributed by atoms with Crippen LogP contribution in [0.15, 0.2) is 23.1 Å². The van der Waals surface area contributed by atoms with Crippen molar-refractivity contribution in [2.75, 3.05) is 5.32 Å². The minimum atomic E-state index is -3.85. The SMILES string of the molecule is CC(=O)c1sc(Nc2ccc(C)cc2S(N)(=O)=O)nc1C. The number of nitrogens with two attached hydrogens (primary N) is 1. The molecule has 2 rings (SSSR count). The number of ketones is 1. The van der Waals surface area contributed by atoms with Crippen LogP contribution in [0.25, 0.3) is 0 Å². The predicted octanol–water partition coefficient (Wildman–Crippen LogP) is 2.35. The largest absolute Gasteiger partial charge is 0.330 e. The number of benzene rings is 1. The Kier molecular flexibility index (Phi) is 4.13. The zero-order chi connectivity index (χ0) is 15.8. The number of anilines is 2. The van der Waals surface area contributed by atoms with Crippen LogP contribution >= 0.6 is 11.3 Å². The first-order valence-corrected chi connectivity index (χ1v) is 8.43. The highest BCUT2D eigenvalue weighted by Gasteiger charge is 2.17. The molecule has 1 aromatic heterocycles. The van der Waals surface area contributed by atoms with Gasteiger partial charge in [0.05, 0.1) is 16.3 Å². The van der Waals surface area contributed by atoms with Gasteiger partial charge in [-0.2, -0.15) is 0 Å². The molecule has 21 heavy (non-hydrogen) atoms. The van der Waals surface area contributed by atoms with Gasteiger partial charge in [0.2, 0.25) is 10.0 Å². The Bertz CT molecular complexity index is 810. The lowest BCUT2D eigenvalue weighted by Crippen LogP contribution is -2.14. The Morgan fingerprint density at radius 3 is 2.52 bits per heavy atom. The molecular weight excluding hydrogens is 310 g/mol. The van der Waals surface area contributed by atoms with Crippen molar-refractivity contribution in [3.05, 3.63) is 34.3 Å². The van der Waals surface area contributed by atoms with E-state index in [1.807, 2.05) is 0 Å². The van der Waals surface area contributed by atoms with E-state index in [1.165, 1.54) is 24.3 Å². The monoisotopic (exact) mass is 325 g/mol. The van der Waals surface area contributed by atoms with Crippen molar-refractivity contribution < 1.29 is 13.2 Å². The highest BCUT2D eigenvalue weighted by atomic mass is 32.2. The van der Waals surface area contributed by atoms with E-state index in [9.17, 15) is 13.2 Å². The summed E-state index contributed by atoms with van der Waals surface area (Å²) in [5.41, 5.74) is 1.73. The molecule has 3 N–H and O–H groups in total. The number of aromatic nitrogens is 1. The van der Waals surface area contributed by atoms with Crippen LogP contribution < -0.4 is 10.5 Å². The zero-order valence-corrected chi connectivity index (χ0v) is 13.4. The minimum absolute atomic E-state index is 0.000252. The van der Waals surface area contributed by atoms with Crippen LogP contribution in [0.5, 0.6) is 0 Å².